The number of hydrogen-bond donors (Lipinski definition) is 3. The van der Waals surface area contributed by atoms with E-state index in [0.29, 0.717) is 6.54 Å². The molecule has 116 valence electrons. The second kappa shape index (κ2) is 6.44. The maximum absolute atomic E-state index is 12.4. The van der Waals surface area contributed by atoms with Crippen LogP contribution in [0.5, 0.6) is 0 Å². The number of carbonyl (C=O) groups is 1. The van der Waals surface area contributed by atoms with Gasteiger partial charge in [-0.25, -0.2) is 13.1 Å². The first-order valence-electron chi connectivity index (χ1n) is 7.08. The number of likely N-dealkylation sites (N-methyl/N-ethyl adjacent to an activating group) is 1. The molecule has 7 heteroatoms. The van der Waals surface area contributed by atoms with Gasteiger partial charge in [-0.2, -0.15) is 0 Å². The highest BCUT2D eigenvalue weighted by Crippen LogP contribution is 2.31. The van der Waals surface area contributed by atoms with Crippen LogP contribution in [-0.2, 0) is 21.2 Å². The monoisotopic (exact) mass is 311 g/mol. The number of aryl methyl sites for hydroxylation is 1. The number of nitrogens with one attached hydrogen (secondary N) is 3. The van der Waals surface area contributed by atoms with Crippen LogP contribution in [0.4, 0.5) is 5.69 Å². The summed E-state index contributed by atoms with van der Waals surface area (Å²) in [6.07, 6.45) is 1.62. The molecule has 1 aliphatic heterocycles. The van der Waals surface area contributed by atoms with Gasteiger partial charge in [0.15, 0.2) is 0 Å². The molecule has 1 aliphatic rings. The molecule has 0 bridgehead atoms. The molecule has 0 unspecified atom stereocenters. The molecule has 0 spiro atoms. The largest absolute Gasteiger partial charge is 0.385 e. The van der Waals surface area contributed by atoms with Crippen molar-refractivity contribution in [2.45, 2.75) is 31.6 Å². The van der Waals surface area contributed by atoms with Crippen LogP contribution in [-0.4, -0.2) is 34.0 Å². The summed E-state index contributed by atoms with van der Waals surface area (Å²) < 4.78 is 27.2. The summed E-state index contributed by atoms with van der Waals surface area (Å²) in [5, 5.41) is 5.82. The number of amides is 1. The predicted octanol–water partition coefficient (Wildman–Crippen LogP) is 0.768. The molecule has 0 atom stereocenters. The van der Waals surface area contributed by atoms with Crippen LogP contribution in [0.3, 0.4) is 0 Å². The minimum Gasteiger partial charge on any atom is -0.385 e. The van der Waals surface area contributed by atoms with Crippen LogP contribution in [0, 0.1) is 6.92 Å². The van der Waals surface area contributed by atoms with Gasteiger partial charge in [-0.1, -0.05) is 6.07 Å². The van der Waals surface area contributed by atoms with Crippen molar-refractivity contribution in [3.8, 4) is 0 Å². The van der Waals surface area contributed by atoms with Gasteiger partial charge in [0.25, 0.3) is 0 Å². The molecule has 1 aromatic rings. The average molecular weight is 311 g/mol. The van der Waals surface area contributed by atoms with Crippen LogP contribution in [0.25, 0.3) is 0 Å². The summed E-state index contributed by atoms with van der Waals surface area (Å²) in [4.78, 5) is 11.7. The quantitative estimate of drug-likeness (QED) is 0.749. The van der Waals surface area contributed by atoms with Gasteiger partial charge in [-0.05, 0) is 43.9 Å². The first-order chi connectivity index (χ1) is 9.95. The van der Waals surface area contributed by atoms with Gasteiger partial charge in [0, 0.05) is 18.8 Å². The van der Waals surface area contributed by atoms with E-state index in [1.165, 1.54) is 0 Å². The smallest absolute Gasteiger partial charge is 0.241 e. The number of benzene rings is 1. The third-order valence-corrected chi connectivity index (χ3v) is 4.96. The van der Waals surface area contributed by atoms with E-state index >= 15 is 0 Å². The molecular formula is C14H21N3O3S. The lowest BCUT2D eigenvalue weighted by atomic mass is 10.00. The highest BCUT2D eigenvalue weighted by atomic mass is 32.2. The molecule has 21 heavy (non-hydrogen) atoms. The van der Waals surface area contributed by atoms with Crippen molar-refractivity contribution in [3.63, 3.8) is 0 Å². The maximum Gasteiger partial charge on any atom is 0.241 e. The van der Waals surface area contributed by atoms with Gasteiger partial charge in [-0.15, -0.1) is 0 Å². The van der Waals surface area contributed by atoms with Gasteiger partial charge < -0.3 is 10.6 Å². The lowest BCUT2D eigenvalue weighted by Crippen LogP contribution is -2.37. The van der Waals surface area contributed by atoms with Crippen molar-refractivity contribution in [2.24, 2.45) is 0 Å². The predicted molar refractivity (Wildman–Crippen MR) is 81.9 cm³/mol. The van der Waals surface area contributed by atoms with Crippen molar-refractivity contribution in [2.75, 3.05) is 25.0 Å². The molecule has 6 nitrogen and oxygen atoms in total. The minimum atomic E-state index is -3.68. The first kappa shape index (κ1) is 15.8. The van der Waals surface area contributed by atoms with E-state index in [2.05, 4.69) is 15.4 Å². The Labute approximate surface area is 125 Å². The molecule has 1 aromatic carbocycles. The number of carbonyl (C=O) groups excluding carboxylic acids is 1. The highest BCUT2D eigenvalue weighted by molar-refractivity contribution is 7.89. The zero-order valence-electron chi connectivity index (χ0n) is 12.3. The molecule has 0 aliphatic carbocycles. The Bertz CT molecular complexity index is 641. The van der Waals surface area contributed by atoms with E-state index in [4.69, 9.17) is 0 Å². The molecule has 0 saturated carbocycles. The van der Waals surface area contributed by atoms with Gasteiger partial charge >= 0.3 is 0 Å². The SMILES string of the molecule is CCNC(=O)CNS(=O)(=O)c1ccc(C)c2c1CCCN2. The van der Waals surface area contributed by atoms with Crippen molar-refractivity contribution in [1.29, 1.82) is 0 Å². The van der Waals surface area contributed by atoms with E-state index in [1.54, 1.807) is 19.1 Å². The van der Waals surface area contributed by atoms with E-state index in [0.717, 1.165) is 36.2 Å². The third kappa shape index (κ3) is 3.54. The standard InChI is InChI=1S/C14H21N3O3S/c1-3-15-13(18)9-17-21(19,20)12-7-6-10(2)14-11(12)5-4-8-16-14/h6-7,16-17H,3-5,8-9H2,1-2H3,(H,15,18). The van der Waals surface area contributed by atoms with Crippen LogP contribution in [0.15, 0.2) is 17.0 Å². The molecule has 2 rings (SSSR count). The zero-order valence-corrected chi connectivity index (χ0v) is 13.1. The Morgan fingerprint density at radius 1 is 1.38 bits per heavy atom. The maximum atomic E-state index is 12.4. The minimum absolute atomic E-state index is 0.244. The summed E-state index contributed by atoms with van der Waals surface area (Å²) in [5.74, 6) is -0.333. The van der Waals surface area contributed by atoms with E-state index in [9.17, 15) is 13.2 Å². The van der Waals surface area contributed by atoms with Gasteiger partial charge in [0.2, 0.25) is 15.9 Å². The number of fused-ring (bicyclic) bond motifs is 1. The van der Waals surface area contributed by atoms with Crippen molar-refractivity contribution < 1.29 is 13.2 Å². The van der Waals surface area contributed by atoms with Gasteiger partial charge in [0.1, 0.15) is 0 Å². The Kier molecular flexibility index (Phi) is 4.84. The van der Waals surface area contributed by atoms with Crippen LogP contribution >= 0.6 is 0 Å². The summed E-state index contributed by atoms with van der Waals surface area (Å²) in [6.45, 7) is 4.82. The Hall–Kier alpha value is -1.60. The van der Waals surface area contributed by atoms with Crippen LogP contribution < -0.4 is 15.4 Å². The van der Waals surface area contributed by atoms with Crippen molar-refractivity contribution in [3.05, 3.63) is 23.3 Å². The lowest BCUT2D eigenvalue weighted by molar-refractivity contribution is -0.119. The Morgan fingerprint density at radius 3 is 2.86 bits per heavy atom. The molecule has 3 N–H and O–H groups in total. The molecule has 0 radical (unpaired) electrons. The van der Waals surface area contributed by atoms with Gasteiger partial charge in [0.05, 0.1) is 11.4 Å². The topological polar surface area (TPSA) is 87.3 Å². The van der Waals surface area contributed by atoms with Crippen molar-refractivity contribution in [1.82, 2.24) is 10.0 Å². The highest BCUT2D eigenvalue weighted by Gasteiger charge is 2.24. The van der Waals surface area contributed by atoms with E-state index in [-0.39, 0.29) is 17.3 Å². The van der Waals surface area contributed by atoms with Crippen LogP contribution in [0.1, 0.15) is 24.5 Å². The Morgan fingerprint density at radius 2 is 2.14 bits per heavy atom. The second-order valence-corrected chi connectivity index (χ2v) is 6.78. The normalized spacial score (nSPS) is 14.2. The summed E-state index contributed by atoms with van der Waals surface area (Å²) >= 11 is 0. The number of hydrogen-bond acceptors (Lipinski definition) is 4. The lowest BCUT2D eigenvalue weighted by Gasteiger charge is -2.23. The fraction of sp³-hybridized carbons (Fsp3) is 0.500. The average Bonchev–Trinajstić information content (AvgIpc) is 2.46. The third-order valence-electron chi connectivity index (χ3n) is 3.47. The summed E-state index contributed by atoms with van der Waals surface area (Å²) in [6, 6.07) is 3.40. The fourth-order valence-electron chi connectivity index (χ4n) is 2.47. The molecular weight excluding hydrogens is 290 g/mol. The molecule has 0 aromatic heterocycles. The van der Waals surface area contributed by atoms with Gasteiger partial charge in [-0.3, -0.25) is 4.79 Å². The number of sulfonamides is 1. The molecule has 1 amide bonds. The van der Waals surface area contributed by atoms with E-state index < -0.39 is 10.0 Å². The fourth-order valence-corrected chi connectivity index (χ4v) is 3.72. The number of rotatable bonds is 5. The molecule has 0 saturated heterocycles. The van der Waals surface area contributed by atoms with Crippen LogP contribution in [0.2, 0.25) is 0 Å². The number of anilines is 1. The molecule has 0 fully saturated rings. The summed E-state index contributed by atoms with van der Waals surface area (Å²) in [5.41, 5.74) is 2.75. The Balaban J connectivity index is 2.26. The second-order valence-electron chi connectivity index (χ2n) is 5.04. The molecule has 1 heterocycles. The first-order valence-corrected chi connectivity index (χ1v) is 8.56. The van der Waals surface area contributed by atoms with Crippen molar-refractivity contribution >= 4 is 21.6 Å². The van der Waals surface area contributed by atoms with E-state index in [1.807, 2.05) is 6.92 Å². The summed E-state index contributed by atoms with van der Waals surface area (Å²) in [7, 11) is -3.68. The zero-order chi connectivity index (χ0) is 15.5.